The average Bonchev–Trinajstić information content (AvgIpc) is 2.64. The highest BCUT2D eigenvalue weighted by atomic mass is 14.9. The fraction of sp³-hybridized carbons (Fsp3) is 0.667. The molecule has 1 aromatic rings. The van der Waals surface area contributed by atoms with Crippen molar-refractivity contribution in [3.63, 3.8) is 0 Å². The third kappa shape index (κ3) is 5.69. The number of hydrogen-bond donors (Lipinski definition) is 2. The molecule has 1 aromatic carbocycles. The molecule has 2 aliphatic carbocycles. The molecule has 0 aromatic heterocycles. The van der Waals surface area contributed by atoms with E-state index in [1.807, 2.05) is 0 Å². The molecule has 144 valence electrons. The van der Waals surface area contributed by atoms with Gasteiger partial charge in [0.2, 0.25) is 0 Å². The van der Waals surface area contributed by atoms with Gasteiger partial charge in [0.05, 0.1) is 0 Å². The van der Waals surface area contributed by atoms with Crippen LogP contribution in [0.25, 0.3) is 6.08 Å². The summed E-state index contributed by atoms with van der Waals surface area (Å²) in [6.07, 6.45) is 13.8. The number of nitrogens with one attached hydrogen (secondary N) is 1. The van der Waals surface area contributed by atoms with Crippen molar-refractivity contribution in [2.24, 2.45) is 29.4 Å². The number of benzene rings is 1. The van der Waals surface area contributed by atoms with Crippen molar-refractivity contribution in [2.75, 3.05) is 6.54 Å². The monoisotopic (exact) mass is 354 g/mol. The molecule has 0 heterocycles. The molecule has 6 unspecified atom stereocenters. The van der Waals surface area contributed by atoms with E-state index in [2.05, 4.69) is 61.6 Å². The van der Waals surface area contributed by atoms with Gasteiger partial charge in [-0.1, -0.05) is 56.3 Å². The van der Waals surface area contributed by atoms with Crippen molar-refractivity contribution in [1.29, 1.82) is 0 Å². The Morgan fingerprint density at radius 2 is 1.65 bits per heavy atom. The number of hydrogen-bond acceptors (Lipinski definition) is 2. The molecule has 0 radical (unpaired) electrons. The van der Waals surface area contributed by atoms with Crippen LogP contribution in [0.3, 0.4) is 0 Å². The fourth-order valence-corrected chi connectivity index (χ4v) is 5.23. The van der Waals surface area contributed by atoms with Crippen LogP contribution in [-0.4, -0.2) is 18.6 Å². The lowest BCUT2D eigenvalue weighted by Crippen LogP contribution is -2.39. The Kier molecular flexibility index (Phi) is 7.33. The van der Waals surface area contributed by atoms with Gasteiger partial charge < -0.3 is 11.1 Å². The van der Waals surface area contributed by atoms with Gasteiger partial charge in [0.15, 0.2) is 0 Å². The summed E-state index contributed by atoms with van der Waals surface area (Å²) in [5.41, 5.74) is 7.43. The van der Waals surface area contributed by atoms with Crippen LogP contribution in [0.15, 0.2) is 36.4 Å². The largest absolute Gasteiger partial charge is 0.328 e. The first-order valence-corrected chi connectivity index (χ1v) is 10.8. The van der Waals surface area contributed by atoms with E-state index in [-0.39, 0.29) is 0 Å². The summed E-state index contributed by atoms with van der Waals surface area (Å²) in [5, 5.41) is 3.76. The SMILES string of the molecule is CC1CC(N)CCC1CC1CCC(NC/C=C/c2ccccc2)CC1C. The zero-order valence-corrected chi connectivity index (χ0v) is 16.7. The van der Waals surface area contributed by atoms with Crippen LogP contribution in [0.1, 0.15) is 64.4 Å². The summed E-state index contributed by atoms with van der Waals surface area (Å²) in [6.45, 7) is 5.90. The minimum absolute atomic E-state index is 0.461. The van der Waals surface area contributed by atoms with Crippen LogP contribution in [0.4, 0.5) is 0 Å². The van der Waals surface area contributed by atoms with Crippen molar-refractivity contribution in [1.82, 2.24) is 5.32 Å². The number of rotatable bonds is 6. The minimum atomic E-state index is 0.461. The Balaban J connectivity index is 1.38. The summed E-state index contributed by atoms with van der Waals surface area (Å²) >= 11 is 0. The van der Waals surface area contributed by atoms with Crippen LogP contribution >= 0.6 is 0 Å². The smallest absolute Gasteiger partial charge is 0.0140 e. The third-order valence-electron chi connectivity index (χ3n) is 6.97. The lowest BCUT2D eigenvalue weighted by Gasteiger charge is -2.40. The second kappa shape index (κ2) is 9.71. The number of nitrogens with two attached hydrogens (primary N) is 1. The van der Waals surface area contributed by atoms with Gasteiger partial charge in [-0.2, -0.15) is 0 Å². The van der Waals surface area contributed by atoms with Gasteiger partial charge >= 0.3 is 0 Å². The maximum absolute atomic E-state index is 6.15. The van der Waals surface area contributed by atoms with E-state index in [4.69, 9.17) is 5.73 Å². The molecule has 0 bridgehead atoms. The van der Waals surface area contributed by atoms with Gasteiger partial charge in [0.25, 0.3) is 0 Å². The summed E-state index contributed by atoms with van der Waals surface area (Å²) in [5.74, 6) is 3.52. The Labute approximate surface area is 160 Å². The Hall–Kier alpha value is -1.12. The standard InChI is InChI=1S/C24H38N2/c1-18-15-23(25)12-10-21(18)17-22-11-13-24(16-19(22)2)26-14-6-9-20-7-4-3-5-8-20/h3-9,18-19,21-24,26H,10-17,25H2,1-2H3/b9-6+. The summed E-state index contributed by atoms with van der Waals surface area (Å²) < 4.78 is 0. The molecule has 0 amide bonds. The molecule has 2 fully saturated rings. The molecule has 6 atom stereocenters. The van der Waals surface area contributed by atoms with Crippen molar-refractivity contribution < 1.29 is 0 Å². The van der Waals surface area contributed by atoms with Gasteiger partial charge in [0, 0.05) is 18.6 Å². The van der Waals surface area contributed by atoms with Crippen LogP contribution in [0.5, 0.6) is 0 Å². The normalized spacial score (nSPS) is 35.7. The van der Waals surface area contributed by atoms with E-state index in [0.29, 0.717) is 12.1 Å². The Morgan fingerprint density at radius 3 is 2.35 bits per heavy atom. The van der Waals surface area contributed by atoms with Crippen molar-refractivity contribution in [3.05, 3.63) is 42.0 Å². The molecule has 2 nitrogen and oxygen atoms in total. The predicted molar refractivity (Wildman–Crippen MR) is 113 cm³/mol. The van der Waals surface area contributed by atoms with E-state index in [9.17, 15) is 0 Å². The van der Waals surface area contributed by atoms with Gasteiger partial charge in [0.1, 0.15) is 0 Å². The second-order valence-electron chi connectivity index (χ2n) is 9.01. The summed E-state index contributed by atoms with van der Waals surface area (Å²) in [4.78, 5) is 0. The lowest BCUT2D eigenvalue weighted by atomic mass is 9.68. The Bertz CT molecular complexity index is 553. The molecule has 2 saturated carbocycles. The average molecular weight is 355 g/mol. The Morgan fingerprint density at radius 1 is 0.962 bits per heavy atom. The molecule has 0 spiro atoms. The molecular weight excluding hydrogens is 316 g/mol. The molecule has 3 N–H and O–H groups in total. The first kappa shape index (κ1) is 19.6. The summed E-state index contributed by atoms with van der Waals surface area (Å²) in [7, 11) is 0. The van der Waals surface area contributed by atoms with Gasteiger partial charge in [-0.15, -0.1) is 0 Å². The highest BCUT2D eigenvalue weighted by molar-refractivity contribution is 5.48. The van der Waals surface area contributed by atoms with E-state index >= 15 is 0 Å². The van der Waals surface area contributed by atoms with E-state index in [1.54, 1.807) is 0 Å². The van der Waals surface area contributed by atoms with Gasteiger partial charge in [-0.3, -0.25) is 0 Å². The molecule has 0 aliphatic heterocycles. The zero-order chi connectivity index (χ0) is 18.4. The van der Waals surface area contributed by atoms with Gasteiger partial charge in [-0.05, 0) is 74.2 Å². The van der Waals surface area contributed by atoms with Crippen LogP contribution < -0.4 is 11.1 Å². The van der Waals surface area contributed by atoms with E-state index < -0.39 is 0 Å². The van der Waals surface area contributed by atoms with Gasteiger partial charge in [-0.25, -0.2) is 0 Å². The minimum Gasteiger partial charge on any atom is -0.328 e. The molecule has 2 heteroatoms. The molecule has 2 aliphatic rings. The molecule has 3 rings (SSSR count). The third-order valence-corrected chi connectivity index (χ3v) is 6.97. The second-order valence-corrected chi connectivity index (χ2v) is 9.01. The summed E-state index contributed by atoms with van der Waals surface area (Å²) in [6, 6.07) is 11.7. The maximum Gasteiger partial charge on any atom is 0.0140 e. The van der Waals surface area contributed by atoms with Crippen molar-refractivity contribution in [2.45, 2.75) is 70.9 Å². The first-order chi connectivity index (χ1) is 12.6. The first-order valence-electron chi connectivity index (χ1n) is 10.8. The highest BCUT2D eigenvalue weighted by Gasteiger charge is 2.32. The highest BCUT2D eigenvalue weighted by Crippen LogP contribution is 2.40. The van der Waals surface area contributed by atoms with E-state index in [0.717, 1.165) is 30.2 Å². The van der Waals surface area contributed by atoms with Crippen molar-refractivity contribution >= 4 is 6.08 Å². The van der Waals surface area contributed by atoms with E-state index in [1.165, 1.54) is 50.5 Å². The predicted octanol–water partition coefficient (Wildman–Crippen LogP) is 5.25. The van der Waals surface area contributed by atoms with Crippen molar-refractivity contribution in [3.8, 4) is 0 Å². The molecule has 0 saturated heterocycles. The topological polar surface area (TPSA) is 38.0 Å². The van der Waals surface area contributed by atoms with Crippen LogP contribution in [0.2, 0.25) is 0 Å². The van der Waals surface area contributed by atoms with Crippen LogP contribution in [-0.2, 0) is 0 Å². The lowest BCUT2D eigenvalue weighted by molar-refractivity contribution is 0.133. The zero-order valence-electron chi connectivity index (χ0n) is 16.7. The quantitative estimate of drug-likeness (QED) is 0.732. The molecular formula is C24H38N2. The maximum atomic E-state index is 6.15. The van der Waals surface area contributed by atoms with Crippen LogP contribution in [0, 0.1) is 23.7 Å². The fourth-order valence-electron chi connectivity index (χ4n) is 5.23. The molecule has 26 heavy (non-hydrogen) atoms.